The van der Waals surface area contributed by atoms with Crippen LogP contribution in [0.15, 0.2) is 0 Å². The summed E-state index contributed by atoms with van der Waals surface area (Å²) in [6.45, 7) is 7.15. The summed E-state index contributed by atoms with van der Waals surface area (Å²) >= 11 is 0. The van der Waals surface area contributed by atoms with E-state index in [0.717, 1.165) is 26.1 Å². The van der Waals surface area contributed by atoms with Crippen LogP contribution in [0.3, 0.4) is 0 Å². The summed E-state index contributed by atoms with van der Waals surface area (Å²) in [7, 11) is 0. The maximum absolute atomic E-state index is 14.9. The van der Waals surface area contributed by atoms with E-state index in [1.165, 1.54) is 12.8 Å². The number of alkyl halides is 1. The van der Waals surface area contributed by atoms with Gasteiger partial charge in [0.1, 0.15) is 5.67 Å². The maximum atomic E-state index is 14.9. The van der Waals surface area contributed by atoms with Gasteiger partial charge in [-0.05, 0) is 32.2 Å². The fourth-order valence-corrected chi connectivity index (χ4v) is 3.20. The second-order valence-electron chi connectivity index (χ2n) is 6.01. The molecule has 4 heteroatoms. The number of halogens is 1. The lowest BCUT2D eigenvalue weighted by Gasteiger charge is -2.40. The van der Waals surface area contributed by atoms with Crippen LogP contribution in [0, 0.1) is 5.92 Å². The van der Waals surface area contributed by atoms with Gasteiger partial charge in [0.2, 0.25) is 0 Å². The fraction of sp³-hybridized carbons (Fsp3) is 1.00. The van der Waals surface area contributed by atoms with Crippen molar-refractivity contribution in [3.05, 3.63) is 0 Å². The highest BCUT2D eigenvalue weighted by atomic mass is 19.1. The van der Waals surface area contributed by atoms with Gasteiger partial charge < -0.3 is 15.4 Å². The predicted molar refractivity (Wildman–Crippen MR) is 71.5 cm³/mol. The molecule has 0 saturated carbocycles. The first kappa shape index (κ1) is 14.2. The van der Waals surface area contributed by atoms with Crippen molar-refractivity contribution in [3.8, 4) is 0 Å². The Labute approximate surface area is 110 Å². The van der Waals surface area contributed by atoms with E-state index in [0.29, 0.717) is 18.9 Å². The summed E-state index contributed by atoms with van der Waals surface area (Å²) in [5, 5.41) is 6.72. The Bertz CT molecular complexity index is 254. The van der Waals surface area contributed by atoms with Crippen molar-refractivity contribution < 1.29 is 9.13 Å². The first-order chi connectivity index (χ1) is 8.62. The Balaban J connectivity index is 1.87. The Morgan fingerprint density at radius 3 is 2.83 bits per heavy atom. The van der Waals surface area contributed by atoms with Crippen molar-refractivity contribution in [2.24, 2.45) is 5.92 Å². The molecule has 2 N–H and O–H groups in total. The Kier molecular flexibility index (Phi) is 4.98. The van der Waals surface area contributed by atoms with E-state index in [9.17, 15) is 4.39 Å². The van der Waals surface area contributed by atoms with Crippen LogP contribution < -0.4 is 10.6 Å². The minimum absolute atomic E-state index is 0.0000680. The number of piperidine rings is 1. The van der Waals surface area contributed by atoms with Crippen molar-refractivity contribution in [2.45, 2.75) is 57.3 Å². The molecule has 0 radical (unpaired) electrons. The monoisotopic (exact) mass is 258 g/mol. The quantitative estimate of drug-likeness (QED) is 0.807. The molecule has 0 aromatic heterocycles. The number of rotatable bonds is 4. The third kappa shape index (κ3) is 3.65. The molecule has 4 unspecified atom stereocenters. The lowest BCUT2D eigenvalue weighted by atomic mass is 9.80. The van der Waals surface area contributed by atoms with Crippen LogP contribution in [-0.2, 0) is 4.74 Å². The van der Waals surface area contributed by atoms with Gasteiger partial charge in [-0.3, -0.25) is 0 Å². The molecule has 106 valence electrons. The molecule has 4 atom stereocenters. The Morgan fingerprint density at radius 1 is 1.33 bits per heavy atom. The second kappa shape index (κ2) is 6.31. The zero-order valence-electron chi connectivity index (χ0n) is 11.7. The van der Waals surface area contributed by atoms with Crippen LogP contribution in [0.4, 0.5) is 4.39 Å². The number of morpholine rings is 1. The van der Waals surface area contributed by atoms with Gasteiger partial charge in [0.25, 0.3) is 0 Å². The Hall–Kier alpha value is -0.190. The molecule has 0 aromatic carbocycles. The fourth-order valence-electron chi connectivity index (χ4n) is 3.20. The third-order valence-electron chi connectivity index (χ3n) is 4.46. The minimum atomic E-state index is -1.15. The van der Waals surface area contributed by atoms with E-state index < -0.39 is 5.67 Å². The number of ether oxygens (including phenoxy) is 1. The molecule has 0 aromatic rings. The van der Waals surface area contributed by atoms with E-state index in [1.54, 1.807) is 6.92 Å². The van der Waals surface area contributed by atoms with Gasteiger partial charge in [0.15, 0.2) is 0 Å². The van der Waals surface area contributed by atoms with Crippen LogP contribution in [0.1, 0.15) is 39.5 Å². The third-order valence-corrected chi connectivity index (χ3v) is 4.46. The zero-order chi connectivity index (χ0) is 13.0. The highest BCUT2D eigenvalue weighted by Crippen LogP contribution is 2.31. The molecule has 2 rings (SSSR count). The second-order valence-corrected chi connectivity index (χ2v) is 6.01. The smallest absolute Gasteiger partial charge is 0.125 e. The minimum Gasteiger partial charge on any atom is -0.379 e. The largest absolute Gasteiger partial charge is 0.379 e. The van der Waals surface area contributed by atoms with E-state index in [4.69, 9.17) is 4.74 Å². The van der Waals surface area contributed by atoms with Crippen molar-refractivity contribution >= 4 is 0 Å². The first-order valence-corrected chi connectivity index (χ1v) is 7.35. The molecule has 18 heavy (non-hydrogen) atoms. The van der Waals surface area contributed by atoms with Crippen molar-refractivity contribution in [1.82, 2.24) is 10.6 Å². The number of hydrogen-bond donors (Lipinski definition) is 2. The van der Waals surface area contributed by atoms with Gasteiger partial charge in [0.05, 0.1) is 13.2 Å². The molecular weight excluding hydrogens is 231 g/mol. The van der Waals surface area contributed by atoms with Gasteiger partial charge >= 0.3 is 0 Å². The summed E-state index contributed by atoms with van der Waals surface area (Å²) in [6.07, 6.45) is 3.87. The topological polar surface area (TPSA) is 33.3 Å². The molecule has 2 saturated heterocycles. The van der Waals surface area contributed by atoms with Crippen LogP contribution in [0.25, 0.3) is 0 Å². The number of hydrogen-bond acceptors (Lipinski definition) is 3. The average Bonchev–Trinajstić information content (AvgIpc) is 2.39. The SMILES string of the molecule is CCC1CCNC(C(C)(F)CC2COCCN2)C1. The maximum Gasteiger partial charge on any atom is 0.125 e. The molecule has 0 spiro atoms. The molecule has 0 amide bonds. The summed E-state index contributed by atoms with van der Waals surface area (Å²) in [6, 6.07) is 0.164. The predicted octanol–water partition coefficient (Wildman–Crippen LogP) is 1.87. The molecule has 0 bridgehead atoms. The Morgan fingerprint density at radius 2 is 2.17 bits per heavy atom. The van der Waals surface area contributed by atoms with Gasteiger partial charge in [-0.2, -0.15) is 0 Å². The van der Waals surface area contributed by atoms with E-state index >= 15 is 0 Å². The van der Waals surface area contributed by atoms with Crippen molar-refractivity contribution in [1.29, 1.82) is 0 Å². The molecule has 2 aliphatic rings. The molecule has 0 aliphatic carbocycles. The van der Waals surface area contributed by atoms with Crippen LogP contribution in [0.5, 0.6) is 0 Å². The molecule has 2 aliphatic heterocycles. The lowest BCUT2D eigenvalue weighted by Crippen LogP contribution is -2.54. The molecule has 2 heterocycles. The summed E-state index contributed by atoms with van der Waals surface area (Å²) in [4.78, 5) is 0. The van der Waals surface area contributed by atoms with Crippen LogP contribution >= 0.6 is 0 Å². The molecule has 3 nitrogen and oxygen atoms in total. The van der Waals surface area contributed by atoms with E-state index in [2.05, 4.69) is 17.6 Å². The lowest BCUT2D eigenvalue weighted by molar-refractivity contribution is 0.0256. The van der Waals surface area contributed by atoms with Gasteiger partial charge in [0, 0.05) is 25.0 Å². The summed E-state index contributed by atoms with van der Waals surface area (Å²) < 4.78 is 20.3. The van der Waals surface area contributed by atoms with E-state index in [1.807, 2.05) is 0 Å². The van der Waals surface area contributed by atoms with Crippen LogP contribution in [-0.4, -0.2) is 44.1 Å². The average molecular weight is 258 g/mol. The van der Waals surface area contributed by atoms with Gasteiger partial charge in [-0.1, -0.05) is 13.3 Å². The first-order valence-electron chi connectivity index (χ1n) is 7.35. The standard InChI is InChI=1S/C14H27FN2O/c1-3-11-4-5-17-13(8-11)14(2,15)9-12-10-18-7-6-16-12/h11-13,16-17H,3-10H2,1-2H3. The summed E-state index contributed by atoms with van der Waals surface area (Å²) in [5.74, 6) is 0.682. The van der Waals surface area contributed by atoms with Gasteiger partial charge in [-0.15, -0.1) is 0 Å². The number of nitrogens with one attached hydrogen (secondary N) is 2. The van der Waals surface area contributed by atoms with Crippen molar-refractivity contribution in [2.75, 3.05) is 26.3 Å². The molecular formula is C14H27FN2O. The molecule has 2 fully saturated rings. The van der Waals surface area contributed by atoms with E-state index in [-0.39, 0.29) is 12.1 Å². The van der Waals surface area contributed by atoms with Gasteiger partial charge in [-0.25, -0.2) is 4.39 Å². The highest BCUT2D eigenvalue weighted by molar-refractivity contribution is 4.95. The van der Waals surface area contributed by atoms with Crippen molar-refractivity contribution in [3.63, 3.8) is 0 Å². The van der Waals surface area contributed by atoms with Crippen LogP contribution in [0.2, 0.25) is 0 Å². The summed E-state index contributed by atoms with van der Waals surface area (Å²) in [5.41, 5.74) is -1.15. The zero-order valence-corrected chi connectivity index (χ0v) is 11.7. The highest BCUT2D eigenvalue weighted by Gasteiger charge is 2.39. The normalized spacial score (nSPS) is 37.2.